The predicted molar refractivity (Wildman–Crippen MR) is 99.5 cm³/mol. The standard InChI is InChI=1S/C19H25N5O2/c1-15-5-8-22(9-6-15)17-4-7-20-19(21-17)24-12-10-23(11-13-24)18(25)16-3-2-14-26-16/h2-4,7,14-15H,5-6,8-13H2,1H3. The number of furan rings is 1. The molecule has 4 heterocycles. The Morgan fingerprint density at radius 2 is 1.85 bits per heavy atom. The van der Waals surface area contributed by atoms with Crippen molar-refractivity contribution in [1.29, 1.82) is 0 Å². The van der Waals surface area contributed by atoms with Crippen molar-refractivity contribution in [3.8, 4) is 0 Å². The molecule has 2 aliphatic heterocycles. The van der Waals surface area contributed by atoms with Crippen LogP contribution in [0.5, 0.6) is 0 Å². The molecule has 7 heteroatoms. The average molecular weight is 355 g/mol. The lowest BCUT2D eigenvalue weighted by atomic mass is 9.99. The number of carbonyl (C=O) groups is 1. The summed E-state index contributed by atoms with van der Waals surface area (Å²) in [6, 6.07) is 5.45. The summed E-state index contributed by atoms with van der Waals surface area (Å²) in [4.78, 5) is 27.9. The Hall–Kier alpha value is -2.57. The van der Waals surface area contributed by atoms with Crippen molar-refractivity contribution < 1.29 is 9.21 Å². The summed E-state index contributed by atoms with van der Waals surface area (Å²) < 4.78 is 5.22. The Balaban J connectivity index is 1.38. The van der Waals surface area contributed by atoms with Crippen LogP contribution in [0.2, 0.25) is 0 Å². The molecule has 26 heavy (non-hydrogen) atoms. The van der Waals surface area contributed by atoms with Crippen molar-refractivity contribution in [2.75, 3.05) is 49.1 Å². The Morgan fingerprint density at radius 1 is 1.08 bits per heavy atom. The summed E-state index contributed by atoms with van der Waals surface area (Å²) >= 11 is 0. The summed E-state index contributed by atoms with van der Waals surface area (Å²) in [6.45, 7) is 7.18. The molecule has 0 N–H and O–H groups in total. The highest BCUT2D eigenvalue weighted by Crippen LogP contribution is 2.23. The Bertz CT molecular complexity index is 732. The van der Waals surface area contributed by atoms with Crippen LogP contribution in [-0.4, -0.2) is 60.0 Å². The van der Waals surface area contributed by atoms with Crippen molar-refractivity contribution in [2.24, 2.45) is 5.92 Å². The molecule has 2 aromatic heterocycles. The highest BCUT2D eigenvalue weighted by atomic mass is 16.3. The second kappa shape index (κ2) is 7.35. The highest BCUT2D eigenvalue weighted by Gasteiger charge is 2.25. The largest absolute Gasteiger partial charge is 0.459 e. The van der Waals surface area contributed by atoms with Gasteiger partial charge in [-0.15, -0.1) is 0 Å². The minimum absolute atomic E-state index is 0.0493. The minimum Gasteiger partial charge on any atom is -0.459 e. The number of nitrogens with zero attached hydrogens (tertiary/aromatic N) is 5. The molecule has 2 aliphatic rings. The summed E-state index contributed by atoms with van der Waals surface area (Å²) in [7, 11) is 0. The number of hydrogen-bond acceptors (Lipinski definition) is 6. The lowest BCUT2D eigenvalue weighted by Gasteiger charge is -2.35. The van der Waals surface area contributed by atoms with Crippen LogP contribution in [0.3, 0.4) is 0 Å². The molecule has 0 bridgehead atoms. The molecule has 2 aromatic rings. The molecule has 0 saturated carbocycles. The molecular formula is C19H25N5O2. The quantitative estimate of drug-likeness (QED) is 0.841. The van der Waals surface area contributed by atoms with Crippen LogP contribution < -0.4 is 9.80 Å². The SMILES string of the molecule is CC1CCN(c2ccnc(N3CCN(C(=O)c4ccco4)CC3)n2)CC1. The third-order valence-electron chi connectivity index (χ3n) is 5.32. The smallest absolute Gasteiger partial charge is 0.289 e. The van der Waals surface area contributed by atoms with E-state index in [0.29, 0.717) is 18.8 Å². The predicted octanol–water partition coefficient (Wildman–Crippen LogP) is 2.27. The van der Waals surface area contributed by atoms with E-state index in [1.165, 1.54) is 19.1 Å². The Morgan fingerprint density at radius 3 is 2.54 bits per heavy atom. The summed E-state index contributed by atoms with van der Waals surface area (Å²) in [5.41, 5.74) is 0. The lowest BCUT2D eigenvalue weighted by molar-refractivity contribution is 0.0714. The molecule has 0 aliphatic carbocycles. The average Bonchev–Trinajstić information content (AvgIpc) is 3.23. The van der Waals surface area contributed by atoms with Crippen LogP contribution in [0.15, 0.2) is 35.1 Å². The van der Waals surface area contributed by atoms with E-state index in [1.807, 2.05) is 17.2 Å². The maximum Gasteiger partial charge on any atom is 0.289 e. The van der Waals surface area contributed by atoms with Crippen molar-refractivity contribution in [3.05, 3.63) is 36.4 Å². The number of piperazine rings is 1. The molecule has 0 radical (unpaired) electrons. The van der Waals surface area contributed by atoms with Gasteiger partial charge in [0.2, 0.25) is 5.95 Å². The zero-order valence-electron chi connectivity index (χ0n) is 15.2. The molecular weight excluding hydrogens is 330 g/mol. The van der Waals surface area contributed by atoms with Gasteiger partial charge in [-0.2, -0.15) is 4.98 Å². The maximum atomic E-state index is 12.4. The van der Waals surface area contributed by atoms with Gasteiger partial charge in [-0.1, -0.05) is 6.92 Å². The van der Waals surface area contributed by atoms with Crippen LogP contribution in [0.1, 0.15) is 30.3 Å². The maximum absolute atomic E-state index is 12.4. The van der Waals surface area contributed by atoms with Gasteiger partial charge in [-0.3, -0.25) is 4.79 Å². The molecule has 4 rings (SSSR count). The van der Waals surface area contributed by atoms with E-state index in [1.54, 1.807) is 12.1 Å². The van der Waals surface area contributed by atoms with Crippen LogP contribution in [0.4, 0.5) is 11.8 Å². The van der Waals surface area contributed by atoms with Gasteiger partial charge in [0.25, 0.3) is 5.91 Å². The summed E-state index contributed by atoms with van der Waals surface area (Å²) in [5.74, 6) is 2.91. The number of piperidine rings is 1. The first-order chi connectivity index (χ1) is 12.7. The molecule has 0 atom stereocenters. The summed E-state index contributed by atoms with van der Waals surface area (Å²) in [6.07, 6.45) is 5.81. The molecule has 1 amide bonds. The van der Waals surface area contributed by atoms with Crippen LogP contribution in [0.25, 0.3) is 0 Å². The fourth-order valence-corrected chi connectivity index (χ4v) is 3.57. The molecule has 0 aromatic carbocycles. The second-order valence-electron chi connectivity index (χ2n) is 7.14. The monoisotopic (exact) mass is 355 g/mol. The first-order valence-corrected chi connectivity index (χ1v) is 9.36. The van der Waals surface area contributed by atoms with Gasteiger partial charge < -0.3 is 19.1 Å². The fourth-order valence-electron chi connectivity index (χ4n) is 3.57. The van der Waals surface area contributed by atoms with Gasteiger partial charge in [0.1, 0.15) is 5.82 Å². The Kier molecular flexibility index (Phi) is 4.77. The zero-order valence-corrected chi connectivity index (χ0v) is 15.2. The number of carbonyl (C=O) groups excluding carboxylic acids is 1. The van der Waals surface area contributed by atoms with E-state index < -0.39 is 0 Å². The van der Waals surface area contributed by atoms with Crippen molar-refractivity contribution in [2.45, 2.75) is 19.8 Å². The first-order valence-electron chi connectivity index (χ1n) is 9.36. The minimum atomic E-state index is -0.0493. The zero-order chi connectivity index (χ0) is 17.9. The van der Waals surface area contributed by atoms with Gasteiger partial charge in [-0.25, -0.2) is 4.98 Å². The van der Waals surface area contributed by atoms with Crippen molar-refractivity contribution >= 4 is 17.7 Å². The van der Waals surface area contributed by atoms with Gasteiger partial charge in [0.15, 0.2) is 5.76 Å². The van der Waals surface area contributed by atoms with Crippen LogP contribution >= 0.6 is 0 Å². The summed E-state index contributed by atoms with van der Waals surface area (Å²) in [5, 5.41) is 0. The number of aromatic nitrogens is 2. The molecule has 0 spiro atoms. The molecule has 7 nitrogen and oxygen atoms in total. The normalized spacial score (nSPS) is 19.0. The molecule has 2 saturated heterocycles. The lowest BCUT2D eigenvalue weighted by Crippen LogP contribution is -2.49. The second-order valence-corrected chi connectivity index (χ2v) is 7.14. The number of anilines is 2. The van der Waals surface area contributed by atoms with Gasteiger partial charge in [0.05, 0.1) is 6.26 Å². The number of hydrogen-bond donors (Lipinski definition) is 0. The van der Waals surface area contributed by atoms with E-state index in [0.717, 1.165) is 43.9 Å². The van der Waals surface area contributed by atoms with E-state index >= 15 is 0 Å². The van der Waals surface area contributed by atoms with Gasteiger partial charge >= 0.3 is 0 Å². The van der Waals surface area contributed by atoms with E-state index in [2.05, 4.69) is 21.7 Å². The third kappa shape index (κ3) is 3.52. The number of amides is 1. The third-order valence-corrected chi connectivity index (χ3v) is 5.32. The number of rotatable bonds is 3. The topological polar surface area (TPSA) is 65.7 Å². The van der Waals surface area contributed by atoms with Gasteiger partial charge in [-0.05, 0) is 37.0 Å². The first kappa shape index (κ1) is 16.9. The molecule has 138 valence electrons. The molecule has 2 fully saturated rings. The van der Waals surface area contributed by atoms with E-state index in [9.17, 15) is 4.79 Å². The van der Waals surface area contributed by atoms with E-state index in [-0.39, 0.29) is 5.91 Å². The van der Waals surface area contributed by atoms with E-state index in [4.69, 9.17) is 9.40 Å². The molecule has 0 unspecified atom stereocenters. The van der Waals surface area contributed by atoms with Crippen molar-refractivity contribution in [3.63, 3.8) is 0 Å². The van der Waals surface area contributed by atoms with Gasteiger partial charge in [0, 0.05) is 45.5 Å². The van der Waals surface area contributed by atoms with Crippen LogP contribution in [0, 0.1) is 5.92 Å². The highest BCUT2D eigenvalue weighted by molar-refractivity contribution is 5.91. The van der Waals surface area contributed by atoms with Crippen molar-refractivity contribution in [1.82, 2.24) is 14.9 Å². The Labute approximate surface area is 153 Å². The fraction of sp³-hybridized carbons (Fsp3) is 0.526. The van der Waals surface area contributed by atoms with Crippen LogP contribution in [-0.2, 0) is 0 Å².